The highest BCUT2D eigenvalue weighted by molar-refractivity contribution is 7.13. The molecular weight excluding hydrogens is 274 g/mol. The van der Waals surface area contributed by atoms with E-state index in [0.717, 1.165) is 0 Å². The van der Waals surface area contributed by atoms with Gasteiger partial charge in [-0.2, -0.15) is 0 Å². The minimum atomic E-state index is -2.44. The normalized spacial score (nSPS) is 11.7. The molecule has 0 amide bonds. The van der Waals surface area contributed by atoms with E-state index >= 15 is 0 Å². The van der Waals surface area contributed by atoms with Gasteiger partial charge in [-0.05, 0) is 12.8 Å². The van der Waals surface area contributed by atoms with Gasteiger partial charge in [0.15, 0.2) is 5.13 Å². The maximum absolute atomic E-state index is 12.1. The molecule has 0 aliphatic rings. The van der Waals surface area contributed by atoms with E-state index in [4.69, 9.17) is 4.74 Å². The van der Waals surface area contributed by atoms with Crippen LogP contribution in [0.25, 0.3) is 0 Å². The summed E-state index contributed by atoms with van der Waals surface area (Å²) in [5.74, 6) is -0.344. The number of aromatic nitrogens is 1. The largest absolute Gasteiger partial charge is 0.468 e. The van der Waals surface area contributed by atoms with Gasteiger partial charge in [-0.15, -0.1) is 11.3 Å². The molecule has 0 atom stereocenters. The Morgan fingerprint density at radius 1 is 1.53 bits per heavy atom. The lowest BCUT2D eigenvalue weighted by molar-refractivity contribution is -0.148. The van der Waals surface area contributed by atoms with Crippen LogP contribution in [0, 0.1) is 0 Å². The lowest BCUT2D eigenvalue weighted by Crippen LogP contribution is -2.36. The number of nitrogens with zero attached hydrogens (tertiary/aromatic N) is 1. The summed E-state index contributed by atoms with van der Waals surface area (Å²) in [7, 11) is 1.34. The summed E-state index contributed by atoms with van der Waals surface area (Å²) in [5.41, 5.74) is -0.221. The summed E-state index contributed by atoms with van der Waals surface area (Å²) in [6, 6.07) is 0. The molecule has 1 N–H and O–H groups in total. The van der Waals surface area contributed by atoms with E-state index in [1.54, 1.807) is 5.38 Å². The third-order valence-corrected chi connectivity index (χ3v) is 3.99. The highest BCUT2D eigenvalue weighted by Crippen LogP contribution is 2.34. The minimum absolute atomic E-state index is 0.344. The van der Waals surface area contributed by atoms with E-state index in [1.165, 1.54) is 18.4 Å². The summed E-state index contributed by atoms with van der Waals surface area (Å²) in [5, 5.41) is 4.66. The standard InChI is InChI=1S/C12H18F2N2O2S/c1-4-12(5-2,10(17)18-3)8-7-19-11(16-8)15-6-9(13)14/h7,9H,4-6H2,1-3H3,(H,15,16). The van der Waals surface area contributed by atoms with Crippen molar-refractivity contribution in [3.05, 3.63) is 11.1 Å². The van der Waals surface area contributed by atoms with Crippen LogP contribution in [0.1, 0.15) is 32.4 Å². The highest BCUT2D eigenvalue weighted by atomic mass is 32.1. The molecule has 0 fully saturated rings. The third-order valence-electron chi connectivity index (χ3n) is 3.19. The number of alkyl halides is 2. The number of nitrogens with one attached hydrogen (secondary N) is 1. The Kier molecular flexibility index (Phi) is 5.65. The minimum Gasteiger partial charge on any atom is -0.468 e. The molecule has 4 nitrogen and oxygen atoms in total. The van der Waals surface area contributed by atoms with Gasteiger partial charge < -0.3 is 10.1 Å². The number of hydrogen-bond donors (Lipinski definition) is 1. The number of carbonyl (C=O) groups excluding carboxylic acids is 1. The Bertz CT molecular complexity index is 420. The van der Waals surface area contributed by atoms with E-state index in [2.05, 4.69) is 10.3 Å². The van der Waals surface area contributed by atoms with Crippen LogP contribution < -0.4 is 5.32 Å². The van der Waals surface area contributed by atoms with Gasteiger partial charge in [0.25, 0.3) is 6.43 Å². The number of methoxy groups -OCH3 is 1. The number of ether oxygens (including phenoxy) is 1. The maximum atomic E-state index is 12.1. The molecule has 0 aliphatic heterocycles. The summed E-state index contributed by atoms with van der Waals surface area (Å²) in [6.07, 6.45) is -1.34. The van der Waals surface area contributed by atoms with Gasteiger partial charge >= 0.3 is 5.97 Å². The smallest absolute Gasteiger partial charge is 0.317 e. The Morgan fingerprint density at radius 3 is 2.63 bits per heavy atom. The summed E-state index contributed by atoms with van der Waals surface area (Å²) >= 11 is 1.21. The van der Waals surface area contributed by atoms with E-state index in [9.17, 15) is 13.6 Å². The number of carbonyl (C=O) groups is 1. The lowest BCUT2D eigenvalue weighted by atomic mass is 9.80. The number of thiazole rings is 1. The third kappa shape index (κ3) is 3.40. The van der Waals surface area contributed by atoms with Crippen LogP contribution in [0.15, 0.2) is 5.38 Å². The Hall–Kier alpha value is -1.24. The predicted molar refractivity (Wildman–Crippen MR) is 70.9 cm³/mol. The fourth-order valence-electron chi connectivity index (χ4n) is 1.94. The van der Waals surface area contributed by atoms with Crippen molar-refractivity contribution >= 4 is 22.4 Å². The molecule has 1 heterocycles. The second kappa shape index (κ2) is 6.79. The molecule has 19 heavy (non-hydrogen) atoms. The predicted octanol–water partition coefficient (Wildman–Crippen LogP) is 3.05. The maximum Gasteiger partial charge on any atom is 0.317 e. The van der Waals surface area contributed by atoms with Crippen molar-refractivity contribution in [3.8, 4) is 0 Å². The average molecular weight is 292 g/mol. The second-order valence-electron chi connectivity index (χ2n) is 4.09. The first-order valence-corrected chi connectivity index (χ1v) is 6.94. The van der Waals surface area contributed by atoms with Crippen molar-refractivity contribution < 1.29 is 18.3 Å². The molecule has 7 heteroatoms. The molecule has 0 unspecified atom stereocenters. The molecule has 0 radical (unpaired) electrons. The van der Waals surface area contributed by atoms with Crippen LogP contribution in [-0.4, -0.2) is 31.0 Å². The van der Waals surface area contributed by atoms with Gasteiger partial charge in [-0.3, -0.25) is 4.79 Å². The fourth-order valence-corrected chi connectivity index (χ4v) is 2.76. The molecule has 0 bridgehead atoms. The Labute approximate surface area is 115 Å². The van der Waals surface area contributed by atoms with Crippen LogP contribution in [-0.2, 0) is 14.9 Å². The molecule has 1 rings (SSSR count). The van der Waals surface area contributed by atoms with Crippen LogP contribution >= 0.6 is 11.3 Å². The molecular formula is C12H18F2N2O2S. The van der Waals surface area contributed by atoms with Crippen molar-refractivity contribution in [1.29, 1.82) is 0 Å². The summed E-state index contributed by atoms with van der Waals surface area (Å²) < 4.78 is 29.1. The van der Waals surface area contributed by atoms with Gasteiger partial charge in [-0.1, -0.05) is 13.8 Å². The van der Waals surface area contributed by atoms with E-state index in [-0.39, 0.29) is 5.97 Å². The van der Waals surface area contributed by atoms with Crippen molar-refractivity contribution in [2.75, 3.05) is 19.0 Å². The van der Waals surface area contributed by atoms with Crippen molar-refractivity contribution in [3.63, 3.8) is 0 Å². The molecule has 0 aliphatic carbocycles. The molecule has 0 aromatic carbocycles. The average Bonchev–Trinajstić information content (AvgIpc) is 2.87. The second-order valence-corrected chi connectivity index (χ2v) is 4.95. The number of anilines is 1. The zero-order valence-corrected chi connectivity index (χ0v) is 12.0. The van der Waals surface area contributed by atoms with E-state index < -0.39 is 18.4 Å². The molecule has 0 saturated heterocycles. The first kappa shape index (κ1) is 15.8. The van der Waals surface area contributed by atoms with Crippen LogP contribution in [0.4, 0.5) is 13.9 Å². The van der Waals surface area contributed by atoms with Crippen molar-refractivity contribution in [2.45, 2.75) is 38.5 Å². The van der Waals surface area contributed by atoms with Crippen LogP contribution in [0.5, 0.6) is 0 Å². The molecule has 0 spiro atoms. The first-order chi connectivity index (χ1) is 9.00. The lowest BCUT2D eigenvalue weighted by Gasteiger charge is -2.26. The molecule has 0 saturated carbocycles. The number of esters is 1. The number of hydrogen-bond acceptors (Lipinski definition) is 5. The van der Waals surface area contributed by atoms with E-state index in [0.29, 0.717) is 23.7 Å². The van der Waals surface area contributed by atoms with Crippen molar-refractivity contribution in [1.82, 2.24) is 4.98 Å². The summed E-state index contributed by atoms with van der Waals surface area (Å²) in [6.45, 7) is 3.31. The quantitative estimate of drug-likeness (QED) is 0.785. The zero-order valence-electron chi connectivity index (χ0n) is 11.2. The van der Waals surface area contributed by atoms with E-state index in [1.807, 2.05) is 13.8 Å². The SMILES string of the molecule is CCC(CC)(C(=O)OC)c1csc(NCC(F)F)n1. The molecule has 1 aromatic rings. The number of halogens is 2. The van der Waals surface area contributed by atoms with Gasteiger partial charge in [-0.25, -0.2) is 13.8 Å². The van der Waals surface area contributed by atoms with Crippen LogP contribution in [0.2, 0.25) is 0 Å². The van der Waals surface area contributed by atoms with Gasteiger partial charge in [0, 0.05) is 5.38 Å². The van der Waals surface area contributed by atoms with Crippen molar-refractivity contribution in [2.24, 2.45) is 0 Å². The van der Waals surface area contributed by atoms with Gasteiger partial charge in [0.05, 0.1) is 19.3 Å². The van der Waals surface area contributed by atoms with Gasteiger partial charge in [0.1, 0.15) is 5.41 Å². The number of rotatable bonds is 7. The zero-order chi connectivity index (χ0) is 14.5. The highest BCUT2D eigenvalue weighted by Gasteiger charge is 2.40. The molecule has 1 aromatic heterocycles. The Morgan fingerprint density at radius 2 is 2.16 bits per heavy atom. The van der Waals surface area contributed by atoms with Crippen LogP contribution in [0.3, 0.4) is 0 Å². The monoisotopic (exact) mass is 292 g/mol. The first-order valence-electron chi connectivity index (χ1n) is 6.06. The Balaban J connectivity index is 2.95. The fraction of sp³-hybridized carbons (Fsp3) is 0.667. The topological polar surface area (TPSA) is 51.2 Å². The van der Waals surface area contributed by atoms with Gasteiger partial charge in [0.2, 0.25) is 0 Å². The summed E-state index contributed by atoms with van der Waals surface area (Å²) in [4.78, 5) is 16.2. The molecule has 108 valence electrons.